The minimum absolute atomic E-state index is 0.0121. The number of rotatable bonds is 16. The molecule has 2 aliphatic heterocycles. The molecule has 2 saturated heterocycles. The summed E-state index contributed by atoms with van der Waals surface area (Å²) in [7, 11) is -6.95. The molecule has 7 N–H and O–H groups in total. The van der Waals surface area contributed by atoms with E-state index in [-0.39, 0.29) is 43.1 Å². The summed E-state index contributed by atoms with van der Waals surface area (Å²) < 4.78 is 62.5. The van der Waals surface area contributed by atoms with Crippen molar-refractivity contribution < 1.29 is 26.3 Å². The van der Waals surface area contributed by atoms with Crippen molar-refractivity contribution in [1.82, 2.24) is 30.6 Å². The maximum atomic E-state index is 12.9. The van der Waals surface area contributed by atoms with E-state index in [0.717, 1.165) is 61.9 Å². The first kappa shape index (κ1) is 60.8. The highest BCUT2D eigenvalue weighted by atomic mass is 35.5. The van der Waals surface area contributed by atoms with Crippen molar-refractivity contribution in [2.75, 3.05) is 47.9 Å². The fourth-order valence-electron chi connectivity index (χ4n) is 8.85. The number of para-hydroxylation sites is 2. The molecule has 0 bridgehead atoms. The number of piperidine rings is 2. The average Bonchev–Trinajstić information content (AvgIpc) is 3.39. The molecule has 16 nitrogen and oxygen atoms in total. The largest absolute Gasteiger partial charge is 0.489 e. The van der Waals surface area contributed by atoms with Crippen LogP contribution in [0.1, 0.15) is 115 Å². The lowest BCUT2D eigenvalue weighted by Gasteiger charge is -2.26. The summed E-state index contributed by atoms with van der Waals surface area (Å²) in [5.41, 5.74) is 13.5. The normalized spacial score (nSPS) is 14.4. The summed E-state index contributed by atoms with van der Waals surface area (Å²) in [6.45, 7) is 23.1. The van der Waals surface area contributed by atoms with Crippen LogP contribution in [-0.2, 0) is 19.7 Å². The van der Waals surface area contributed by atoms with E-state index in [2.05, 4.69) is 84.6 Å². The van der Waals surface area contributed by atoms with E-state index in [0.29, 0.717) is 35.0 Å². The Hall–Kier alpha value is -5.47. The standard InChI is InChI=1S/C28H36ClN5O3S.C15H24N2O.C13H13Cl2N3O2S/c1-17(2)37-25-15-21(20-10-12-30-13-11-20)19(5)14-24(25)33-28-31-16-22(29)27(34-28)32-23-8-6-7-9-26(23)38(35,36)18(3)4;1-10(2)18-15-9-13(11(3)8-14(15)16)12-4-6-17-7-5-12;1-8(2)21(19,20)11-6-4-3-5-10(11)17-12-9(14)7-16-13(15)18-12/h6-9,14-18,20,30H,10-13H2,1-5H3,(H2,31,32,33,34);8-10,12,17H,4-7,16H2,1-3H3;3-8H,1-2H3,(H,16,17,18). The topological polar surface area (TPSA) is 224 Å². The first-order valence-corrected chi connectivity index (χ1v) is 30.2. The molecule has 0 radical (unpaired) electrons. The molecule has 0 atom stereocenters. The quantitative estimate of drug-likeness (QED) is 0.0391. The zero-order chi connectivity index (χ0) is 56.2. The number of hydrogen-bond acceptors (Lipinski definition) is 16. The highest BCUT2D eigenvalue weighted by Gasteiger charge is 2.26. The van der Waals surface area contributed by atoms with Crippen LogP contribution in [0.15, 0.2) is 95.0 Å². The van der Waals surface area contributed by atoms with E-state index < -0.39 is 30.2 Å². The zero-order valence-electron chi connectivity index (χ0n) is 45.5. The molecule has 0 unspecified atom stereocenters. The Morgan fingerprint density at radius 1 is 0.571 bits per heavy atom. The van der Waals surface area contributed by atoms with Crippen LogP contribution in [-0.4, -0.2) is 85.7 Å². The lowest BCUT2D eigenvalue weighted by Crippen LogP contribution is -2.27. The first-order chi connectivity index (χ1) is 36.5. The Morgan fingerprint density at radius 3 is 1.48 bits per heavy atom. The number of ether oxygens (including phenoxy) is 2. The van der Waals surface area contributed by atoms with E-state index >= 15 is 0 Å². The van der Waals surface area contributed by atoms with Crippen LogP contribution in [0, 0.1) is 13.8 Å². The molecule has 0 spiro atoms. The third-order valence-electron chi connectivity index (χ3n) is 12.9. The van der Waals surface area contributed by atoms with Crippen LogP contribution in [0.3, 0.4) is 0 Å². The predicted octanol–water partition coefficient (Wildman–Crippen LogP) is 12.9. The van der Waals surface area contributed by atoms with Gasteiger partial charge in [0.2, 0.25) is 11.2 Å². The van der Waals surface area contributed by atoms with Crippen LogP contribution < -0.4 is 41.8 Å². The van der Waals surface area contributed by atoms with Gasteiger partial charge in [0, 0.05) is 0 Å². The number of benzene rings is 4. The molecule has 2 fully saturated rings. The van der Waals surface area contributed by atoms with E-state index in [1.54, 1.807) is 70.2 Å². The van der Waals surface area contributed by atoms with Crippen LogP contribution in [0.2, 0.25) is 15.3 Å². The molecule has 8 rings (SSSR count). The zero-order valence-corrected chi connectivity index (χ0v) is 49.4. The smallest absolute Gasteiger partial charge is 0.229 e. The summed E-state index contributed by atoms with van der Waals surface area (Å²) in [4.78, 5) is 17.0. The number of aryl methyl sites for hydroxylation is 2. The first-order valence-electron chi connectivity index (χ1n) is 25.9. The molecule has 21 heteroatoms. The summed E-state index contributed by atoms with van der Waals surface area (Å²) in [6, 6.07) is 21.7. The molecule has 2 aromatic heterocycles. The molecule has 77 heavy (non-hydrogen) atoms. The van der Waals surface area contributed by atoms with Crippen LogP contribution >= 0.6 is 34.8 Å². The second-order valence-electron chi connectivity index (χ2n) is 20.1. The van der Waals surface area contributed by atoms with Gasteiger partial charge >= 0.3 is 0 Å². The van der Waals surface area contributed by atoms with Crippen molar-refractivity contribution in [1.29, 1.82) is 0 Å². The molecular formula is C56H73Cl3N10O6S2. The van der Waals surface area contributed by atoms with Crippen LogP contribution in [0.5, 0.6) is 11.5 Å². The Kier molecular flexibility index (Phi) is 21.6. The fourth-order valence-corrected chi connectivity index (χ4v) is 11.7. The maximum Gasteiger partial charge on any atom is 0.229 e. The van der Waals surface area contributed by atoms with Gasteiger partial charge in [0.1, 0.15) is 21.5 Å². The number of anilines is 7. The van der Waals surface area contributed by atoms with E-state index in [1.165, 1.54) is 53.6 Å². The number of nitrogens with zero attached hydrogens (tertiary/aromatic N) is 4. The minimum atomic E-state index is -3.52. The van der Waals surface area contributed by atoms with E-state index in [9.17, 15) is 16.8 Å². The Morgan fingerprint density at radius 2 is 1.00 bits per heavy atom. The SMILES string of the molecule is CC(C)S(=O)(=O)c1ccccc1Nc1nc(Cl)ncc1Cl.Cc1cc(N)c(OC(C)C)cc1C1CCNCC1.Cc1cc(Nc2ncc(Cl)c(Nc3ccccc3S(=O)(=O)C(C)C)n2)c(OC(C)C)cc1C1CCNCC1. The third-order valence-corrected chi connectivity index (χ3v) is 18.0. The Bertz CT molecular complexity index is 3190. The Labute approximate surface area is 470 Å². The van der Waals surface area contributed by atoms with Gasteiger partial charge < -0.3 is 41.8 Å². The highest BCUT2D eigenvalue weighted by molar-refractivity contribution is 7.92. The average molecular weight is 1150 g/mol. The highest BCUT2D eigenvalue weighted by Crippen LogP contribution is 2.39. The van der Waals surface area contributed by atoms with Gasteiger partial charge in [-0.15, -0.1) is 0 Å². The summed E-state index contributed by atoms with van der Waals surface area (Å²) in [5.74, 6) is 3.56. The number of nitrogen functional groups attached to an aromatic ring is 1. The number of nitrogens with one attached hydrogen (secondary N) is 5. The lowest BCUT2D eigenvalue weighted by molar-refractivity contribution is 0.243. The van der Waals surface area contributed by atoms with Crippen LogP contribution in [0.4, 0.5) is 40.3 Å². The summed E-state index contributed by atoms with van der Waals surface area (Å²) in [5, 5.41) is 15.5. The molecule has 0 aliphatic carbocycles. The van der Waals surface area contributed by atoms with Crippen molar-refractivity contribution in [3.05, 3.63) is 123 Å². The molecule has 4 aromatic carbocycles. The number of halogens is 3. The van der Waals surface area contributed by atoms with Gasteiger partial charge in [-0.05, 0) is 215 Å². The second kappa shape index (κ2) is 27.4. The molecule has 6 aromatic rings. The molecule has 416 valence electrons. The maximum absolute atomic E-state index is 12.9. The van der Waals surface area contributed by atoms with Crippen LogP contribution in [0.25, 0.3) is 0 Å². The van der Waals surface area contributed by atoms with E-state index in [1.807, 2.05) is 27.7 Å². The van der Waals surface area contributed by atoms with Crippen molar-refractivity contribution in [2.24, 2.45) is 0 Å². The predicted molar refractivity (Wildman–Crippen MR) is 314 cm³/mol. The lowest BCUT2D eigenvalue weighted by atomic mass is 9.87. The van der Waals surface area contributed by atoms with Gasteiger partial charge in [-0.2, -0.15) is 9.97 Å². The van der Waals surface area contributed by atoms with Gasteiger partial charge in [0.15, 0.2) is 31.3 Å². The molecule has 0 amide bonds. The number of sulfone groups is 2. The molecular weight excluding hydrogens is 1080 g/mol. The van der Waals surface area contributed by atoms with Crippen molar-refractivity contribution in [3.63, 3.8) is 0 Å². The van der Waals surface area contributed by atoms with Gasteiger partial charge in [-0.25, -0.2) is 26.8 Å². The number of hydrogen-bond donors (Lipinski definition) is 6. The molecule has 0 saturated carbocycles. The van der Waals surface area contributed by atoms with Gasteiger partial charge in [0.05, 0.1) is 67.6 Å². The van der Waals surface area contributed by atoms with Gasteiger partial charge in [-0.1, -0.05) is 47.5 Å². The van der Waals surface area contributed by atoms with Crippen molar-refractivity contribution in [2.45, 2.75) is 139 Å². The second-order valence-corrected chi connectivity index (χ2v) is 26.2. The van der Waals surface area contributed by atoms with Gasteiger partial charge in [-0.3, -0.25) is 0 Å². The molecule has 2 aliphatic rings. The van der Waals surface area contributed by atoms with E-state index in [4.69, 9.17) is 50.0 Å². The summed E-state index contributed by atoms with van der Waals surface area (Å²) in [6.07, 6.45) is 7.57. The summed E-state index contributed by atoms with van der Waals surface area (Å²) >= 11 is 18.1. The Balaban J connectivity index is 0.000000207. The number of nitrogens with two attached hydrogens (primary N) is 1. The minimum Gasteiger partial charge on any atom is -0.489 e. The third kappa shape index (κ3) is 16.3. The monoisotopic (exact) mass is 1150 g/mol. The van der Waals surface area contributed by atoms with Crippen molar-refractivity contribution in [3.8, 4) is 11.5 Å². The fraction of sp³-hybridized carbons (Fsp3) is 0.429. The number of aromatic nitrogens is 4. The van der Waals surface area contributed by atoms with Gasteiger partial charge in [0.25, 0.3) is 0 Å². The molecule has 4 heterocycles. The van der Waals surface area contributed by atoms with Crippen molar-refractivity contribution >= 4 is 94.8 Å².